The number of hydrogen-bond donors (Lipinski definition) is 0. The Morgan fingerprint density at radius 3 is 2.46 bits per heavy atom. The summed E-state index contributed by atoms with van der Waals surface area (Å²) in [6, 6.07) is 0. The fourth-order valence-corrected chi connectivity index (χ4v) is 4.46. The highest BCUT2D eigenvalue weighted by molar-refractivity contribution is 8.16. The molecule has 1 nitrogen and oxygen atoms in total. The minimum Gasteiger partial charge on any atom is -0.299 e. The molecule has 1 aliphatic rings. The van der Waals surface area contributed by atoms with Crippen molar-refractivity contribution in [2.75, 3.05) is 16.6 Å². The summed E-state index contributed by atoms with van der Waals surface area (Å²) in [5.41, 5.74) is 0. The number of halogens is 1. The number of Topliss-reactive ketones (excluding diaryl/α,β-unsaturated/α-hetero) is 1. The van der Waals surface area contributed by atoms with Crippen LogP contribution in [0.15, 0.2) is 11.6 Å². The van der Waals surface area contributed by atoms with Gasteiger partial charge < -0.3 is 0 Å². The number of ketones is 1. The summed E-state index contributed by atoms with van der Waals surface area (Å²) in [4.78, 5) is 11.3. The monoisotopic (exact) mass is 236 g/mol. The van der Waals surface area contributed by atoms with Crippen molar-refractivity contribution >= 4 is 40.9 Å². The Hall–Kier alpha value is 0.400. The quantitative estimate of drug-likeness (QED) is 0.750. The SMILES string of the molecule is C=C(Cl)C(C(C)=O)C1CSCSC1. The molecule has 0 saturated carbocycles. The van der Waals surface area contributed by atoms with Crippen LogP contribution in [0.4, 0.5) is 0 Å². The van der Waals surface area contributed by atoms with E-state index in [0.29, 0.717) is 11.0 Å². The largest absolute Gasteiger partial charge is 0.299 e. The first kappa shape index (κ1) is 11.5. The lowest BCUT2D eigenvalue weighted by Crippen LogP contribution is -2.27. The molecule has 1 aliphatic heterocycles. The van der Waals surface area contributed by atoms with Gasteiger partial charge in [0.2, 0.25) is 0 Å². The summed E-state index contributed by atoms with van der Waals surface area (Å²) in [6.45, 7) is 5.28. The molecule has 0 spiro atoms. The van der Waals surface area contributed by atoms with E-state index in [1.807, 2.05) is 23.5 Å². The molecule has 1 rings (SSSR count). The van der Waals surface area contributed by atoms with Crippen molar-refractivity contribution in [1.82, 2.24) is 0 Å². The van der Waals surface area contributed by atoms with Gasteiger partial charge in [-0.15, -0.1) is 0 Å². The molecule has 4 heteroatoms. The van der Waals surface area contributed by atoms with Gasteiger partial charge in [0.05, 0.1) is 5.92 Å². The van der Waals surface area contributed by atoms with E-state index in [1.54, 1.807) is 6.92 Å². The molecule has 0 N–H and O–H groups in total. The van der Waals surface area contributed by atoms with Gasteiger partial charge in [-0.2, -0.15) is 23.5 Å². The maximum atomic E-state index is 11.3. The summed E-state index contributed by atoms with van der Waals surface area (Å²) in [7, 11) is 0. The van der Waals surface area contributed by atoms with Crippen LogP contribution < -0.4 is 0 Å². The van der Waals surface area contributed by atoms with Crippen molar-refractivity contribution in [1.29, 1.82) is 0 Å². The zero-order valence-corrected chi connectivity index (χ0v) is 9.97. The Kier molecular flexibility index (Phi) is 4.70. The molecule has 1 heterocycles. The summed E-state index contributed by atoms with van der Waals surface area (Å²) in [5.74, 6) is 2.45. The van der Waals surface area contributed by atoms with Gasteiger partial charge in [-0.25, -0.2) is 0 Å². The van der Waals surface area contributed by atoms with Gasteiger partial charge >= 0.3 is 0 Å². The summed E-state index contributed by atoms with van der Waals surface area (Å²) >= 11 is 9.59. The molecule has 74 valence electrons. The van der Waals surface area contributed by atoms with E-state index in [1.165, 1.54) is 0 Å². The molecule has 0 aliphatic carbocycles. The number of hydrogen-bond acceptors (Lipinski definition) is 3. The highest BCUT2D eigenvalue weighted by Crippen LogP contribution is 2.34. The van der Waals surface area contributed by atoms with Gasteiger partial charge in [-0.3, -0.25) is 4.79 Å². The van der Waals surface area contributed by atoms with Crippen molar-refractivity contribution in [3.05, 3.63) is 11.6 Å². The van der Waals surface area contributed by atoms with Gasteiger partial charge in [0, 0.05) is 10.1 Å². The predicted molar refractivity (Wildman–Crippen MR) is 62.4 cm³/mol. The van der Waals surface area contributed by atoms with Gasteiger partial charge in [0.25, 0.3) is 0 Å². The molecule has 0 aromatic heterocycles. The van der Waals surface area contributed by atoms with E-state index in [9.17, 15) is 4.79 Å². The smallest absolute Gasteiger partial charge is 0.138 e. The van der Waals surface area contributed by atoms with Crippen molar-refractivity contribution in [3.8, 4) is 0 Å². The predicted octanol–water partition coefficient (Wildman–Crippen LogP) is 3.00. The first-order valence-corrected chi connectivity index (χ1v) is 6.82. The average molecular weight is 237 g/mol. The van der Waals surface area contributed by atoms with E-state index < -0.39 is 0 Å². The standard InChI is InChI=1S/C9H13ClOS2/c1-6(10)9(7(2)11)8-3-12-5-13-4-8/h8-9H,1,3-5H2,2H3. The first-order valence-electron chi connectivity index (χ1n) is 4.13. The van der Waals surface area contributed by atoms with Crippen LogP contribution in [0.25, 0.3) is 0 Å². The van der Waals surface area contributed by atoms with Gasteiger partial charge in [0.1, 0.15) is 5.78 Å². The zero-order chi connectivity index (χ0) is 9.84. The summed E-state index contributed by atoms with van der Waals surface area (Å²) < 4.78 is 0. The fraction of sp³-hybridized carbons (Fsp3) is 0.667. The Balaban J connectivity index is 2.62. The highest BCUT2D eigenvalue weighted by atomic mass is 35.5. The summed E-state index contributed by atoms with van der Waals surface area (Å²) in [5, 5.41) is 1.64. The number of carbonyl (C=O) groups is 1. The van der Waals surface area contributed by atoms with E-state index in [0.717, 1.165) is 16.6 Å². The van der Waals surface area contributed by atoms with Crippen LogP contribution in [0, 0.1) is 11.8 Å². The molecule has 1 unspecified atom stereocenters. The molecule has 1 saturated heterocycles. The van der Waals surface area contributed by atoms with Crippen LogP contribution in [0.1, 0.15) is 6.92 Å². The lowest BCUT2D eigenvalue weighted by molar-refractivity contribution is -0.120. The van der Waals surface area contributed by atoms with E-state index in [-0.39, 0.29) is 11.7 Å². The fourth-order valence-electron chi connectivity index (χ4n) is 1.51. The van der Waals surface area contributed by atoms with E-state index >= 15 is 0 Å². The van der Waals surface area contributed by atoms with Crippen molar-refractivity contribution in [3.63, 3.8) is 0 Å². The minimum absolute atomic E-state index is 0.137. The number of allylic oxidation sites excluding steroid dienone is 1. The summed E-state index contributed by atoms with van der Waals surface area (Å²) in [6.07, 6.45) is 0. The average Bonchev–Trinajstić information content (AvgIpc) is 2.04. The van der Waals surface area contributed by atoms with Crippen LogP contribution >= 0.6 is 35.1 Å². The van der Waals surface area contributed by atoms with Gasteiger partial charge in [-0.05, 0) is 24.3 Å². The third kappa shape index (κ3) is 3.22. The molecule has 0 radical (unpaired) electrons. The van der Waals surface area contributed by atoms with Crippen LogP contribution in [0.3, 0.4) is 0 Å². The minimum atomic E-state index is -0.137. The first-order chi connectivity index (χ1) is 6.13. The molecule has 13 heavy (non-hydrogen) atoms. The lowest BCUT2D eigenvalue weighted by atomic mass is 9.92. The van der Waals surface area contributed by atoms with Crippen LogP contribution in [0.5, 0.6) is 0 Å². The molecule has 1 fully saturated rings. The maximum Gasteiger partial charge on any atom is 0.138 e. The molecular weight excluding hydrogens is 224 g/mol. The maximum absolute atomic E-state index is 11.3. The number of thioether (sulfide) groups is 2. The molecule has 1 atom stereocenters. The third-order valence-electron chi connectivity index (χ3n) is 2.08. The van der Waals surface area contributed by atoms with Crippen molar-refractivity contribution in [2.24, 2.45) is 11.8 Å². The second-order valence-electron chi connectivity index (χ2n) is 3.15. The van der Waals surface area contributed by atoms with E-state index in [4.69, 9.17) is 11.6 Å². The Morgan fingerprint density at radius 1 is 1.54 bits per heavy atom. The topological polar surface area (TPSA) is 17.1 Å². The number of carbonyl (C=O) groups excluding carboxylic acids is 1. The third-order valence-corrected chi connectivity index (χ3v) is 4.97. The normalized spacial score (nSPS) is 21.1. The van der Waals surface area contributed by atoms with Gasteiger partial charge in [0.15, 0.2) is 0 Å². The van der Waals surface area contributed by atoms with Crippen LogP contribution in [-0.4, -0.2) is 22.4 Å². The Morgan fingerprint density at radius 2 is 2.08 bits per heavy atom. The van der Waals surface area contributed by atoms with Crippen molar-refractivity contribution < 1.29 is 4.79 Å². The molecule has 0 aromatic carbocycles. The molecule has 0 bridgehead atoms. The van der Waals surface area contributed by atoms with Gasteiger partial charge in [-0.1, -0.05) is 18.2 Å². The van der Waals surface area contributed by atoms with E-state index in [2.05, 4.69) is 6.58 Å². The molecule has 0 aromatic rings. The molecular formula is C9H13ClOS2. The Labute approximate surface area is 92.7 Å². The molecule has 0 amide bonds. The Bertz CT molecular complexity index is 198. The second kappa shape index (κ2) is 5.32. The second-order valence-corrected chi connectivity index (χ2v) is 6.07. The highest BCUT2D eigenvalue weighted by Gasteiger charge is 2.29. The number of rotatable bonds is 3. The lowest BCUT2D eigenvalue weighted by Gasteiger charge is -2.27. The van der Waals surface area contributed by atoms with Crippen molar-refractivity contribution in [2.45, 2.75) is 6.92 Å². The van der Waals surface area contributed by atoms with Crippen LogP contribution in [-0.2, 0) is 4.79 Å². The zero-order valence-electron chi connectivity index (χ0n) is 7.59. The van der Waals surface area contributed by atoms with Crippen LogP contribution in [0.2, 0.25) is 0 Å².